The monoisotopic (exact) mass is 569 g/mol. The maximum atomic E-state index is 13.6. The minimum Gasteiger partial charge on any atom is -0.384 e. The Kier molecular flexibility index (Phi) is 6.93. The number of nitriles is 1. The molecule has 1 unspecified atom stereocenters. The average Bonchev–Trinajstić information content (AvgIpc) is 3.59. The number of anilines is 2. The van der Waals surface area contributed by atoms with Gasteiger partial charge in [0.25, 0.3) is 0 Å². The smallest absolute Gasteiger partial charge is 0.236 e. The van der Waals surface area contributed by atoms with Gasteiger partial charge in [-0.05, 0) is 35.8 Å². The standard InChI is InChI=1S/C24H23N7O2S4/c1-12-4-6-34-19(12)17-13(10-25)20(26)31(14-8-24(2,3)9-15(32)18(14)17)22-29-30-23(37-22)36-11-16(33)28-21-27-5-7-35-21/h4-7,17H,8-9,11,26H2,1-3H3,(H,27,28,33). The molecule has 1 aliphatic carbocycles. The second kappa shape index (κ2) is 10.0. The lowest BCUT2D eigenvalue weighted by atomic mass is 9.69. The second-order valence-electron chi connectivity index (χ2n) is 9.47. The van der Waals surface area contributed by atoms with Crippen molar-refractivity contribution in [2.24, 2.45) is 11.1 Å². The van der Waals surface area contributed by atoms with E-state index in [1.807, 2.05) is 18.4 Å². The summed E-state index contributed by atoms with van der Waals surface area (Å²) in [5.74, 6) is -0.260. The summed E-state index contributed by atoms with van der Waals surface area (Å²) in [5.41, 5.74) is 9.14. The van der Waals surface area contributed by atoms with E-state index in [1.54, 1.807) is 16.5 Å². The number of nitrogens with two attached hydrogens (primary N) is 1. The third-order valence-electron chi connectivity index (χ3n) is 6.14. The Balaban J connectivity index is 1.50. The van der Waals surface area contributed by atoms with Crippen LogP contribution in [0.2, 0.25) is 0 Å². The Labute approximate surface area is 230 Å². The molecule has 3 aromatic heterocycles. The van der Waals surface area contributed by atoms with Gasteiger partial charge in [-0.15, -0.1) is 32.9 Å². The highest BCUT2D eigenvalue weighted by molar-refractivity contribution is 8.01. The van der Waals surface area contributed by atoms with Gasteiger partial charge in [0.1, 0.15) is 5.82 Å². The van der Waals surface area contributed by atoms with Gasteiger partial charge in [-0.2, -0.15) is 5.26 Å². The van der Waals surface area contributed by atoms with Crippen molar-refractivity contribution in [1.29, 1.82) is 5.26 Å². The predicted octanol–water partition coefficient (Wildman–Crippen LogP) is 5.04. The summed E-state index contributed by atoms with van der Waals surface area (Å²) in [6, 6.07) is 4.28. The zero-order valence-electron chi connectivity index (χ0n) is 20.3. The lowest BCUT2D eigenvalue weighted by Crippen LogP contribution is -2.42. The van der Waals surface area contributed by atoms with Crippen LogP contribution in [0.3, 0.4) is 0 Å². The number of aromatic nitrogens is 3. The number of allylic oxidation sites excluding steroid dienone is 3. The van der Waals surface area contributed by atoms with Crippen LogP contribution in [-0.4, -0.2) is 32.6 Å². The maximum Gasteiger partial charge on any atom is 0.236 e. The number of hydrogen-bond donors (Lipinski definition) is 2. The molecule has 0 radical (unpaired) electrons. The van der Waals surface area contributed by atoms with E-state index in [0.717, 1.165) is 16.1 Å². The van der Waals surface area contributed by atoms with Crippen molar-refractivity contribution < 1.29 is 9.59 Å². The van der Waals surface area contributed by atoms with Gasteiger partial charge in [-0.1, -0.05) is 36.9 Å². The first-order chi connectivity index (χ1) is 17.7. The molecular formula is C24H23N7O2S4. The summed E-state index contributed by atoms with van der Waals surface area (Å²) in [6.45, 7) is 6.10. The molecule has 9 nitrogen and oxygen atoms in total. The summed E-state index contributed by atoms with van der Waals surface area (Å²) in [7, 11) is 0. The van der Waals surface area contributed by atoms with Crippen molar-refractivity contribution in [1.82, 2.24) is 15.2 Å². The largest absolute Gasteiger partial charge is 0.384 e. The quantitative estimate of drug-likeness (QED) is 0.391. The third kappa shape index (κ3) is 4.94. The van der Waals surface area contributed by atoms with Gasteiger partial charge in [0.2, 0.25) is 11.0 Å². The van der Waals surface area contributed by atoms with E-state index in [1.165, 1.54) is 45.8 Å². The maximum absolute atomic E-state index is 13.6. The Morgan fingerprint density at radius 3 is 2.81 bits per heavy atom. The fourth-order valence-electron chi connectivity index (χ4n) is 4.59. The minimum absolute atomic E-state index is 0.0206. The van der Waals surface area contributed by atoms with Gasteiger partial charge in [-0.25, -0.2) is 4.98 Å². The molecule has 2 aliphatic rings. The van der Waals surface area contributed by atoms with Crippen LogP contribution in [0, 0.1) is 23.7 Å². The number of ketones is 1. The summed E-state index contributed by atoms with van der Waals surface area (Å²) in [6.07, 6.45) is 2.62. The molecule has 0 bridgehead atoms. The predicted molar refractivity (Wildman–Crippen MR) is 148 cm³/mol. The fourth-order valence-corrected chi connectivity index (χ4v) is 7.86. The molecule has 1 atom stereocenters. The van der Waals surface area contributed by atoms with Crippen LogP contribution in [0.1, 0.15) is 43.0 Å². The number of Topliss-reactive ketones (excluding diaryl/α,β-unsaturated/α-hetero) is 1. The molecule has 3 N–H and O–H groups in total. The molecule has 4 heterocycles. The number of hydrogen-bond acceptors (Lipinski definition) is 12. The lowest BCUT2D eigenvalue weighted by molar-refractivity contribution is -0.118. The Bertz CT molecular complexity index is 1480. The molecule has 1 amide bonds. The van der Waals surface area contributed by atoms with Gasteiger partial charge in [0, 0.05) is 34.1 Å². The first kappa shape index (κ1) is 25.6. The molecule has 0 spiro atoms. The van der Waals surface area contributed by atoms with Crippen molar-refractivity contribution in [3.8, 4) is 6.07 Å². The number of nitrogens with one attached hydrogen (secondary N) is 1. The van der Waals surface area contributed by atoms with Crippen molar-refractivity contribution in [2.75, 3.05) is 16.0 Å². The van der Waals surface area contributed by atoms with Gasteiger partial charge >= 0.3 is 0 Å². The number of rotatable bonds is 6. The second-order valence-corrected chi connectivity index (χ2v) is 13.5. The highest BCUT2D eigenvalue weighted by Crippen LogP contribution is 2.51. The third-order valence-corrected chi connectivity index (χ3v) is 9.95. The Morgan fingerprint density at radius 2 is 2.14 bits per heavy atom. The highest BCUT2D eigenvalue weighted by Gasteiger charge is 2.46. The summed E-state index contributed by atoms with van der Waals surface area (Å²) in [4.78, 5) is 32.6. The Morgan fingerprint density at radius 1 is 1.32 bits per heavy atom. The highest BCUT2D eigenvalue weighted by atomic mass is 32.2. The van der Waals surface area contributed by atoms with Crippen LogP contribution in [0.4, 0.5) is 10.3 Å². The van der Waals surface area contributed by atoms with Crippen LogP contribution < -0.4 is 16.0 Å². The molecule has 5 rings (SSSR count). The zero-order chi connectivity index (χ0) is 26.3. The number of thiazole rings is 1. The van der Waals surface area contributed by atoms with E-state index in [2.05, 4.69) is 40.4 Å². The number of thiophene rings is 1. The van der Waals surface area contributed by atoms with Crippen molar-refractivity contribution in [2.45, 2.75) is 43.9 Å². The van der Waals surface area contributed by atoms with Crippen LogP contribution in [0.15, 0.2) is 50.0 Å². The summed E-state index contributed by atoms with van der Waals surface area (Å²) < 4.78 is 0.579. The topological polar surface area (TPSA) is 138 Å². The zero-order valence-corrected chi connectivity index (χ0v) is 23.5. The van der Waals surface area contributed by atoms with Gasteiger partial charge in [0.15, 0.2) is 15.3 Å². The molecule has 1 aliphatic heterocycles. The van der Waals surface area contributed by atoms with E-state index >= 15 is 0 Å². The van der Waals surface area contributed by atoms with Crippen LogP contribution in [0.25, 0.3) is 0 Å². The molecule has 13 heteroatoms. The van der Waals surface area contributed by atoms with E-state index < -0.39 is 5.92 Å². The summed E-state index contributed by atoms with van der Waals surface area (Å²) >= 11 is 5.40. The van der Waals surface area contributed by atoms with Gasteiger partial charge < -0.3 is 11.1 Å². The van der Waals surface area contributed by atoms with E-state index in [9.17, 15) is 14.9 Å². The van der Waals surface area contributed by atoms with Gasteiger partial charge in [0.05, 0.1) is 23.3 Å². The SMILES string of the molecule is Cc1ccsc1C1C(C#N)=C(N)N(c2nnc(SCC(=O)Nc3nccs3)s2)C2=C1C(=O)CC(C)(C)C2. The molecule has 0 saturated heterocycles. The van der Waals surface area contributed by atoms with E-state index in [0.29, 0.717) is 38.6 Å². The van der Waals surface area contributed by atoms with Crippen LogP contribution in [-0.2, 0) is 9.59 Å². The van der Waals surface area contributed by atoms with Crippen LogP contribution >= 0.6 is 45.8 Å². The number of amides is 1. The number of thioether (sulfide) groups is 1. The molecule has 3 aromatic rings. The molecule has 0 aromatic carbocycles. The molecule has 0 saturated carbocycles. The normalized spacial score (nSPS) is 19.1. The lowest BCUT2D eigenvalue weighted by Gasteiger charge is -2.42. The number of nitrogens with zero attached hydrogens (tertiary/aromatic N) is 5. The molecule has 190 valence electrons. The molecule has 0 fully saturated rings. The first-order valence-corrected chi connectivity index (χ1v) is 14.9. The van der Waals surface area contributed by atoms with Crippen molar-refractivity contribution in [3.05, 3.63) is 56.1 Å². The van der Waals surface area contributed by atoms with Gasteiger partial charge in [-0.3, -0.25) is 14.5 Å². The van der Waals surface area contributed by atoms with E-state index in [-0.39, 0.29) is 28.7 Å². The molecular weight excluding hydrogens is 547 g/mol. The number of carbonyl (C=O) groups is 2. The Hall–Kier alpha value is -3.05. The van der Waals surface area contributed by atoms with Crippen LogP contribution in [0.5, 0.6) is 0 Å². The molecule has 37 heavy (non-hydrogen) atoms. The van der Waals surface area contributed by atoms with Crippen molar-refractivity contribution >= 4 is 67.7 Å². The van der Waals surface area contributed by atoms with E-state index in [4.69, 9.17) is 5.73 Å². The fraction of sp³-hybridized carbons (Fsp3) is 0.333. The summed E-state index contributed by atoms with van der Waals surface area (Å²) in [5, 5.41) is 26.3. The number of aryl methyl sites for hydroxylation is 1. The first-order valence-electron chi connectivity index (χ1n) is 11.3. The number of carbonyl (C=O) groups excluding carboxylic acids is 2. The van der Waals surface area contributed by atoms with Crippen molar-refractivity contribution in [3.63, 3.8) is 0 Å². The average molecular weight is 570 g/mol. The minimum atomic E-state index is -0.490.